The van der Waals surface area contributed by atoms with Crippen molar-refractivity contribution in [3.05, 3.63) is 52.4 Å². The van der Waals surface area contributed by atoms with Crippen LogP contribution in [0.25, 0.3) is 0 Å². The number of carbonyl (C=O) groups excluding carboxylic acids is 1. The predicted molar refractivity (Wildman–Crippen MR) is 94.1 cm³/mol. The molecule has 0 radical (unpaired) electrons. The molecule has 2 fully saturated rings. The van der Waals surface area contributed by atoms with Gasteiger partial charge in [0.15, 0.2) is 0 Å². The number of fused-ring (bicyclic) bond motifs is 1. The number of nitrogens with zero attached hydrogens (tertiary/aromatic N) is 2. The first kappa shape index (κ1) is 17.0. The molecule has 4 unspecified atom stereocenters. The molecule has 1 amide bonds. The molecule has 7 nitrogen and oxygen atoms in total. The molecule has 2 aromatic rings. The van der Waals surface area contributed by atoms with Crippen LogP contribution >= 0.6 is 11.6 Å². The fourth-order valence-electron chi connectivity index (χ4n) is 3.94. The maximum absolute atomic E-state index is 12.6. The highest BCUT2D eigenvalue weighted by atomic mass is 35.5. The van der Waals surface area contributed by atoms with Gasteiger partial charge in [0.2, 0.25) is 0 Å². The fraction of sp³-hybridized carbons (Fsp3) is 0.389. The van der Waals surface area contributed by atoms with Gasteiger partial charge in [-0.15, -0.1) is 0 Å². The second kappa shape index (κ2) is 7.08. The van der Waals surface area contributed by atoms with Gasteiger partial charge in [0, 0.05) is 17.6 Å². The summed E-state index contributed by atoms with van der Waals surface area (Å²) < 4.78 is 4.96. The van der Waals surface area contributed by atoms with E-state index in [1.54, 1.807) is 30.7 Å². The number of rotatable bonds is 3. The van der Waals surface area contributed by atoms with Gasteiger partial charge in [0.25, 0.3) is 5.91 Å². The average molecular weight is 372 g/mol. The van der Waals surface area contributed by atoms with Gasteiger partial charge in [-0.05, 0) is 37.3 Å². The second-order valence-corrected chi connectivity index (χ2v) is 7.13. The number of aromatic nitrogens is 1. The SMILES string of the molecule is N#Cc1cccc(C(=O)NC2CCC3NNC(c4cnoc4)C3C2)c1Cl. The summed E-state index contributed by atoms with van der Waals surface area (Å²) in [6.07, 6.45) is 6.04. The Labute approximate surface area is 155 Å². The Morgan fingerprint density at radius 1 is 1.38 bits per heavy atom. The van der Waals surface area contributed by atoms with Crippen molar-refractivity contribution in [2.24, 2.45) is 5.92 Å². The summed E-state index contributed by atoms with van der Waals surface area (Å²) in [4.78, 5) is 12.6. The molecule has 26 heavy (non-hydrogen) atoms. The Morgan fingerprint density at radius 2 is 2.27 bits per heavy atom. The van der Waals surface area contributed by atoms with E-state index in [4.69, 9.17) is 21.4 Å². The van der Waals surface area contributed by atoms with Crippen LogP contribution in [0, 0.1) is 17.2 Å². The summed E-state index contributed by atoms with van der Waals surface area (Å²) in [6, 6.07) is 7.43. The van der Waals surface area contributed by atoms with Gasteiger partial charge in [0.1, 0.15) is 12.3 Å². The standard InChI is InChI=1S/C18H18ClN5O2/c19-16-10(7-20)2-1-3-13(16)18(25)22-12-4-5-15-14(6-12)17(24-23-15)11-8-21-26-9-11/h1-3,8-9,12,14-15,17,23-24H,4-6H2,(H,22,25). The minimum Gasteiger partial charge on any atom is -0.364 e. The van der Waals surface area contributed by atoms with Crippen molar-refractivity contribution in [3.63, 3.8) is 0 Å². The second-order valence-electron chi connectivity index (χ2n) is 6.76. The zero-order chi connectivity index (χ0) is 18.1. The smallest absolute Gasteiger partial charge is 0.253 e. The quantitative estimate of drug-likeness (QED) is 0.765. The lowest BCUT2D eigenvalue weighted by Crippen LogP contribution is -2.44. The van der Waals surface area contributed by atoms with E-state index in [-0.39, 0.29) is 23.0 Å². The van der Waals surface area contributed by atoms with Gasteiger partial charge < -0.3 is 9.84 Å². The number of hydrazine groups is 1. The molecular weight excluding hydrogens is 354 g/mol. The Hall–Kier alpha value is -2.40. The lowest BCUT2D eigenvalue weighted by molar-refractivity contribution is 0.0915. The Bertz CT molecular complexity index is 848. The summed E-state index contributed by atoms with van der Waals surface area (Å²) >= 11 is 6.18. The average Bonchev–Trinajstić information content (AvgIpc) is 3.30. The molecule has 4 atom stereocenters. The van der Waals surface area contributed by atoms with Crippen molar-refractivity contribution in [2.75, 3.05) is 0 Å². The molecule has 134 valence electrons. The van der Waals surface area contributed by atoms with Crippen LogP contribution in [0.5, 0.6) is 0 Å². The lowest BCUT2D eigenvalue weighted by atomic mass is 9.77. The van der Waals surface area contributed by atoms with E-state index in [1.807, 2.05) is 6.07 Å². The molecule has 8 heteroatoms. The Kier molecular flexibility index (Phi) is 4.64. The van der Waals surface area contributed by atoms with Gasteiger partial charge in [-0.2, -0.15) is 5.26 Å². The van der Waals surface area contributed by atoms with Crippen LogP contribution in [-0.2, 0) is 0 Å². The molecular formula is C18H18ClN5O2. The molecule has 0 spiro atoms. The molecule has 4 rings (SSSR count). The number of hydrogen-bond donors (Lipinski definition) is 3. The fourth-order valence-corrected chi connectivity index (χ4v) is 4.20. The molecule has 1 aliphatic heterocycles. The Balaban J connectivity index is 1.46. The molecule has 1 aliphatic carbocycles. The van der Waals surface area contributed by atoms with E-state index in [0.29, 0.717) is 23.1 Å². The van der Waals surface area contributed by atoms with Gasteiger partial charge in [-0.25, -0.2) is 5.43 Å². The van der Waals surface area contributed by atoms with Crippen LogP contribution in [0.2, 0.25) is 5.02 Å². The summed E-state index contributed by atoms with van der Waals surface area (Å²) in [7, 11) is 0. The monoisotopic (exact) mass is 371 g/mol. The minimum absolute atomic E-state index is 0.0506. The van der Waals surface area contributed by atoms with Gasteiger partial charge >= 0.3 is 0 Å². The summed E-state index contributed by atoms with van der Waals surface area (Å²) in [6.45, 7) is 0. The molecule has 2 heterocycles. The van der Waals surface area contributed by atoms with Crippen LogP contribution < -0.4 is 16.2 Å². The van der Waals surface area contributed by atoms with Gasteiger partial charge in [-0.3, -0.25) is 10.2 Å². The molecule has 1 saturated heterocycles. The van der Waals surface area contributed by atoms with Crippen molar-refractivity contribution in [2.45, 2.75) is 37.4 Å². The highest BCUT2D eigenvalue weighted by molar-refractivity contribution is 6.35. The summed E-state index contributed by atoms with van der Waals surface area (Å²) in [5, 5.41) is 16.1. The minimum atomic E-state index is -0.240. The molecule has 1 aromatic carbocycles. The highest BCUT2D eigenvalue weighted by Crippen LogP contribution is 2.38. The highest BCUT2D eigenvalue weighted by Gasteiger charge is 2.42. The Morgan fingerprint density at radius 3 is 3.04 bits per heavy atom. The third-order valence-corrected chi connectivity index (χ3v) is 5.67. The topological polar surface area (TPSA) is 103 Å². The van der Waals surface area contributed by atoms with E-state index in [0.717, 1.165) is 24.8 Å². The normalized spacial score (nSPS) is 27.5. The lowest BCUT2D eigenvalue weighted by Gasteiger charge is -2.33. The molecule has 3 N–H and O–H groups in total. The first-order valence-electron chi connectivity index (χ1n) is 8.57. The molecule has 1 aromatic heterocycles. The van der Waals surface area contributed by atoms with E-state index in [2.05, 4.69) is 21.3 Å². The van der Waals surface area contributed by atoms with Crippen molar-refractivity contribution in [1.82, 2.24) is 21.3 Å². The third-order valence-electron chi connectivity index (χ3n) is 5.26. The number of benzene rings is 1. The van der Waals surface area contributed by atoms with Crippen LogP contribution in [-0.4, -0.2) is 23.1 Å². The predicted octanol–water partition coefficient (Wildman–Crippen LogP) is 2.32. The van der Waals surface area contributed by atoms with Gasteiger partial charge in [-0.1, -0.05) is 22.8 Å². The maximum atomic E-state index is 12.6. The number of hydrogen-bond acceptors (Lipinski definition) is 6. The van der Waals surface area contributed by atoms with Crippen LogP contribution in [0.15, 0.2) is 35.2 Å². The number of amides is 1. The van der Waals surface area contributed by atoms with Crippen LogP contribution in [0.3, 0.4) is 0 Å². The number of halogens is 1. The molecule has 1 saturated carbocycles. The summed E-state index contributed by atoms with van der Waals surface area (Å²) in [5.74, 6) is 0.0883. The van der Waals surface area contributed by atoms with E-state index < -0.39 is 0 Å². The third kappa shape index (κ3) is 3.07. The van der Waals surface area contributed by atoms with Crippen molar-refractivity contribution >= 4 is 17.5 Å². The zero-order valence-electron chi connectivity index (χ0n) is 13.9. The van der Waals surface area contributed by atoms with Crippen molar-refractivity contribution in [1.29, 1.82) is 5.26 Å². The first-order chi connectivity index (χ1) is 12.7. The zero-order valence-corrected chi connectivity index (χ0v) is 14.7. The molecule has 2 aliphatic rings. The number of nitrogens with one attached hydrogen (secondary N) is 3. The van der Waals surface area contributed by atoms with E-state index >= 15 is 0 Å². The van der Waals surface area contributed by atoms with Crippen molar-refractivity contribution < 1.29 is 9.32 Å². The van der Waals surface area contributed by atoms with Crippen molar-refractivity contribution in [3.8, 4) is 6.07 Å². The first-order valence-corrected chi connectivity index (χ1v) is 8.95. The van der Waals surface area contributed by atoms with Crippen LogP contribution in [0.4, 0.5) is 0 Å². The van der Waals surface area contributed by atoms with Crippen LogP contribution in [0.1, 0.15) is 46.8 Å². The summed E-state index contributed by atoms with van der Waals surface area (Å²) in [5.41, 5.74) is 8.29. The van der Waals surface area contributed by atoms with Gasteiger partial charge in [0.05, 0.1) is 28.4 Å². The maximum Gasteiger partial charge on any atom is 0.253 e. The van der Waals surface area contributed by atoms with E-state index in [1.165, 1.54) is 0 Å². The van der Waals surface area contributed by atoms with E-state index in [9.17, 15) is 4.79 Å². The molecule has 0 bridgehead atoms. The number of nitriles is 1. The largest absolute Gasteiger partial charge is 0.364 e. The number of carbonyl (C=O) groups is 1.